The van der Waals surface area contributed by atoms with Crippen molar-refractivity contribution in [2.45, 2.75) is 6.92 Å². The van der Waals surface area contributed by atoms with E-state index in [2.05, 4.69) is 5.32 Å². The molecule has 0 aliphatic rings. The molecule has 6 nitrogen and oxygen atoms in total. The van der Waals surface area contributed by atoms with Gasteiger partial charge in [0, 0.05) is 22.3 Å². The van der Waals surface area contributed by atoms with Crippen molar-refractivity contribution in [2.24, 2.45) is 0 Å². The number of carboxylic acid groups (broad SMARTS) is 1. The summed E-state index contributed by atoms with van der Waals surface area (Å²) in [4.78, 5) is 23.3. The van der Waals surface area contributed by atoms with Gasteiger partial charge in [-0.1, -0.05) is 29.8 Å². The van der Waals surface area contributed by atoms with Gasteiger partial charge in [0.1, 0.15) is 23.2 Å². The molecule has 1 amide bonds. The van der Waals surface area contributed by atoms with Gasteiger partial charge in [0.25, 0.3) is 5.91 Å². The van der Waals surface area contributed by atoms with E-state index in [0.29, 0.717) is 27.8 Å². The molecule has 0 fully saturated rings. The van der Waals surface area contributed by atoms with Crippen LogP contribution in [-0.4, -0.2) is 17.0 Å². The number of carboxylic acids is 1. The summed E-state index contributed by atoms with van der Waals surface area (Å²) in [6, 6.07) is 16.4. The molecular formula is C22H15ClN2O4. The van der Waals surface area contributed by atoms with Crippen LogP contribution in [0.25, 0.3) is 17.4 Å². The Hall–Kier alpha value is -3.82. The number of nitrogens with one attached hydrogen (secondary N) is 1. The molecule has 0 spiro atoms. The summed E-state index contributed by atoms with van der Waals surface area (Å²) >= 11 is 6.05. The Kier molecular flexibility index (Phi) is 5.82. The largest absolute Gasteiger partial charge is 0.478 e. The van der Waals surface area contributed by atoms with Crippen LogP contribution in [-0.2, 0) is 4.79 Å². The molecule has 2 aromatic carbocycles. The molecule has 29 heavy (non-hydrogen) atoms. The van der Waals surface area contributed by atoms with Crippen LogP contribution in [0.3, 0.4) is 0 Å². The minimum absolute atomic E-state index is 0.135. The number of furan rings is 1. The van der Waals surface area contributed by atoms with E-state index >= 15 is 0 Å². The highest BCUT2D eigenvalue weighted by atomic mass is 35.5. The van der Waals surface area contributed by atoms with E-state index < -0.39 is 11.9 Å². The lowest BCUT2D eigenvalue weighted by atomic mass is 10.1. The fourth-order valence-electron chi connectivity index (χ4n) is 2.52. The van der Waals surface area contributed by atoms with Crippen LogP contribution < -0.4 is 5.32 Å². The maximum absolute atomic E-state index is 12.4. The van der Waals surface area contributed by atoms with Crippen molar-refractivity contribution in [3.05, 3.63) is 82.1 Å². The van der Waals surface area contributed by atoms with Crippen molar-refractivity contribution in [1.29, 1.82) is 5.26 Å². The molecule has 7 heteroatoms. The van der Waals surface area contributed by atoms with Crippen molar-refractivity contribution in [1.82, 2.24) is 0 Å². The van der Waals surface area contributed by atoms with E-state index in [1.54, 1.807) is 42.5 Å². The summed E-state index contributed by atoms with van der Waals surface area (Å²) in [5.41, 5.74) is 2.06. The molecule has 2 N–H and O–H groups in total. The van der Waals surface area contributed by atoms with E-state index in [4.69, 9.17) is 21.1 Å². The SMILES string of the molecule is Cc1ccc(NC(=O)C(C#N)=Cc2ccc(-c3ccc(C(=O)O)cc3)o2)cc1Cl. The summed E-state index contributed by atoms with van der Waals surface area (Å²) in [5.74, 6) is -0.803. The number of benzene rings is 2. The average molecular weight is 407 g/mol. The third-order valence-corrected chi connectivity index (χ3v) is 4.53. The fourth-order valence-corrected chi connectivity index (χ4v) is 2.70. The van der Waals surface area contributed by atoms with Gasteiger partial charge in [-0.05, 0) is 48.9 Å². The zero-order valence-corrected chi connectivity index (χ0v) is 16.0. The van der Waals surface area contributed by atoms with Gasteiger partial charge in [0.15, 0.2) is 0 Å². The summed E-state index contributed by atoms with van der Waals surface area (Å²) in [6.07, 6.45) is 1.33. The van der Waals surface area contributed by atoms with Crippen LogP contribution in [0.4, 0.5) is 5.69 Å². The Morgan fingerprint density at radius 2 is 1.86 bits per heavy atom. The van der Waals surface area contributed by atoms with Gasteiger partial charge in [-0.25, -0.2) is 4.79 Å². The van der Waals surface area contributed by atoms with E-state index in [1.165, 1.54) is 18.2 Å². The van der Waals surface area contributed by atoms with E-state index in [9.17, 15) is 14.9 Å². The Morgan fingerprint density at radius 1 is 1.14 bits per heavy atom. The quantitative estimate of drug-likeness (QED) is 0.450. The second-order valence-electron chi connectivity index (χ2n) is 6.17. The molecule has 0 saturated carbocycles. The molecule has 144 valence electrons. The second kappa shape index (κ2) is 8.46. The Bertz CT molecular complexity index is 1150. The van der Waals surface area contributed by atoms with Gasteiger partial charge in [-0.3, -0.25) is 4.79 Å². The van der Waals surface area contributed by atoms with E-state index in [0.717, 1.165) is 5.56 Å². The number of aromatic carboxylic acids is 1. The molecular weight excluding hydrogens is 392 g/mol. The molecule has 0 saturated heterocycles. The maximum Gasteiger partial charge on any atom is 0.335 e. The lowest BCUT2D eigenvalue weighted by Gasteiger charge is -2.06. The normalized spacial score (nSPS) is 11.0. The number of carbonyl (C=O) groups excluding carboxylic acids is 1. The van der Waals surface area contributed by atoms with Gasteiger partial charge >= 0.3 is 5.97 Å². The first kappa shape index (κ1) is 19.9. The predicted octanol–water partition coefficient (Wildman–Crippen LogP) is 5.15. The minimum Gasteiger partial charge on any atom is -0.478 e. The van der Waals surface area contributed by atoms with Crippen LogP contribution in [0, 0.1) is 18.3 Å². The molecule has 0 aliphatic heterocycles. The monoisotopic (exact) mass is 406 g/mol. The lowest BCUT2D eigenvalue weighted by molar-refractivity contribution is -0.112. The van der Waals surface area contributed by atoms with Gasteiger partial charge in [0.05, 0.1) is 5.56 Å². The molecule has 3 aromatic rings. The Balaban J connectivity index is 1.78. The van der Waals surface area contributed by atoms with Crippen molar-refractivity contribution >= 4 is 35.2 Å². The number of aryl methyl sites for hydroxylation is 1. The van der Waals surface area contributed by atoms with E-state index in [-0.39, 0.29) is 11.1 Å². The maximum atomic E-state index is 12.4. The topological polar surface area (TPSA) is 103 Å². The summed E-state index contributed by atoms with van der Waals surface area (Å²) < 4.78 is 5.66. The minimum atomic E-state index is -1.01. The highest BCUT2D eigenvalue weighted by Gasteiger charge is 2.12. The predicted molar refractivity (Wildman–Crippen MR) is 110 cm³/mol. The van der Waals surface area contributed by atoms with Gasteiger partial charge in [-0.2, -0.15) is 5.26 Å². The number of carbonyl (C=O) groups is 2. The number of rotatable bonds is 5. The van der Waals surface area contributed by atoms with Crippen LogP contribution in [0.1, 0.15) is 21.7 Å². The molecule has 0 aliphatic carbocycles. The number of hydrogen-bond acceptors (Lipinski definition) is 4. The first-order valence-electron chi connectivity index (χ1n) is 8.50. The molecule has 0 unspecified atom stereocenters. The van der Waals surface area contributed by atoms with Crippen LogP contribution in [0.2, 0.25) is 5.02 Å². The first-order valence-corrected chi connectivity index (χ1v) is 8.88. The molecule has 1 aromatic heterocycles. The zero-order valence-electron chi connectivity index (χ0n) is 15.3. The van der Waals surface area contributed by atoms with Crippen LogP contribution in [0.15, 0.2) is 64.6 Å². The molecule has 3 rings (SSSR count). The number of anilines is 1. The van der Waals surface area contributed by atoms with Gasteiger partial charge < -0.3 is 14.8 Å². The van der Waals surface area contributed by atoms with Crippen LogP contribution in [0.5, 0.6) is 0 Å². The fraction of sp³-hybridized carbons (Fsp3) is 0.0455. The Labute approximate surface area is 171 Å². The number of amides is 1. The van der Waals surface area contributed by atoms with Crippen molar-refractivity contribution < 1.29 is 19.1 Å². The number of halogens is 1. The van der Waals surface area contributed by atoms with Crippen molar-refractivity contribution in [3.63, 3.8) is 0 Å². The number of nitriles is 1. The highest BCUT2D eigenvalue weighted by Crippen LogP contribution is 2.24. The summed E-state index contributed by atoms with van der Waals surface area (Å²) in [6.45, 7) is 1.85. The molecule has 1 heterocycles. The number of hydrogen-bond donors (Lipinski definition) is 2. The summed E-state index contributed by atoms with van der Waals surface area (Å²) in [7, 11) is 0. The smallest absolute Gasteiger partial charge is 0.335 e. The van der Waals surface area contributed by atoms with Crippen LogP contribution >= 0.6 is 11.6 Å². The van der Waals surface area contributed by atoms with Gasteiger partial charge in [0.2, 0.25) is 0 Å². The standard InChI is InChI=1S/C22H15ClN2O4/c1-13-2-7-17(11-19(13)23)25-21(26)16(12-24)10-18-8-9-20(29-18)14-3-5-15(6-4-14)22(27)28/h2-11H,1H3,(H,25,26)(H,27,28). The highest BCUT2D eigenvalue weighted by molar-refractivity contribution is 6.31. The van der Waals surface area contributed by atoms with Gasteiger partial charge in [-0.15, -0.1) is 0 Å². The molecule has 0 radical (unpaired) electrons. The van der Waals surface area contributed by atoms with Crippen molar-refractivity contribution in [2.75, 3.05) is 5.32 Å². The number of nitrogens with zero attached hydrogens (tertiary/aromatic N) is 1. The summed E-state index contributed by atoms with van der Waals surface area (Å²) in [5, 5.41) is 21.4. The Morgan fingerprint density at radius 3 is 2.48 bits per heavy atom. The molecule has 0 atom stereocenters. The first-order chi connectivity index (χ1) is 13.9. The third kappa shape index (κ3) is 4.72. The average Bonchev–Trinajstić information content (AvgIpc) is 3.17. The second-order valence-corrected chi connectivity index (χ2v) is 6.58. The zero-order chi connectivity index (χ0) is 21.0. The van der Waals surface area contributed by atoms with Crippen molar-refractivity contribution in [3.8, 4) is 17.4 Å². The lowest BCUT2D eigenvalue weighted by Crippen LogP contribution is -2.13. The van der Waals surface area contributed by atoms with E-state index in [1.807, 2.05) is 13.0 Å². The third-order valence-electron chi connectivity index (χ3n) is 4.12. The molecule has 0 bridgehead atoms.